The van der Waals surface area contributed by atoms with Crippen molar-refractivity contribution >= 4 is 29.5 Å². The molecule has 0 aliphatic carbocycles. The molecule has 0 saturated carbocycles. The van der Waals surface area contributed by atoms with E-state index in [0.717, 1.165) is 30.4 Å². The van der Waals surface area contributed by atoms with E-state index < -0.39 is 65.6 Å². The first-order chi connectivity index (χ1) is 24.4. The number of amides is 5. The van der Waals surface area contributed by atoms with E-state index in [1.807, 2.05) is 44.2 Å². The molecule has 4 bridgehead atoms. The average molecular weight is 701 g/mol. The minimum Gasteiger partial charge on any atom is -0.446 e. The fourth-order valence-corrected chi connectivity index (χ4v) is 6.13. The Morgan fingerprint density at radius 2 is 1.69 bits per heavy atom. The van der Waals surface area contributed by atoms with Gasteiger partial charge in [-0.1, -0.05) is 44.2 Å². The van der Waals surface area contributed by atoms with Crippen LogP contribution in [-0.2, 0) is 16.0 Å². The zero-order chi connectivity index (χ0) is 36.2. The Morgan fingerprint density at radius 3 is 2.43 bits per heavy atom. The van der Waals surface area contributed by atoms with Crippen molar-refractivity contribution in [1.29, 1.82) is 0 Å². The Hall–Kier alpha value is -5.93. The number of aromatic nitrogens is 3. The van der Waals surface area contributed by atoms with Gasteiger partial charge in [0.25, 0.3) is 17.7 Å². The van der Waals surface area contributed by atoms with Crippen LogP contribution in [0.25, 0.3) is 0 Å². The predicted molar refractivity (Wildman–Crippen MR) is 176 cm³/mol. The number of hydrogen-bond donors (Lipinski definition) is 4. The van der Waals surface area contributed by atoms with E-state index in [1.165, 1.54) is 11.1 Å². The van der Waals surface area contributed by atoms with Crippen molar-refractivity contribution in [1.82, 2.24) is 41.1 Å². The maximum Gasteiger partial charge on any atom is 0.276 e. The molecule has 0 unspecified atom stereocenters. The predicted octanol–water partition coefficient (Wildman–Crippen LogP) is 2.65. The van der Waals surface area contributed by atoms with Gasteiger partial charge in [-0.15, -0.1) is 0 Å². The van der Waals surface area contributed by atoms with Crippen LogP contribution in [0, 0.1) is 11.7 Å². The lowest BCUT2D eigenvalue weighted by Gasteiger charge is -2.25. The minimum absolute atomic E-state index is 0.00222. The number of nitrogens with zero attached hydrogens (tertiary/aromatic N) is 4. The summed E-state index contributed by atoms with van der Waals surface area (Å²) in [5, 5.41) is 11.2. The molecule has 4 aromatic rings. The number of benzene rings is 1. The van der Waals surface area contributed by atoms with Crippen LogP contribution in [0.3, 0.4) is 0 Å². The van der Waals surface area contributed by atoms with Crippen LogP contribution in [0.1, 0.15) is 94.4 Å². The van der Waals surface area contributed by atoms with Gasteiger partial charge in [0.05, 0.1) is 11.8 Å². The van der Waals surface area contributed by atoms with E-state index in [-0.39, 0.29) is 54.0 Å². The van der Waals surface area contributed by atoms with E-state index in [1.54, 1.807) is 6.92 Å². The highest BCUT2D eigenvalue weighted by molar-refractivity contribution is 5.98. The average Bonchev–Trinajstić information content (AvgIpc) is 3.88. The second-order valence-corrected chi connectivity index (χ2v) is 13.0. The summed E-state index contributed by atoms with van der Waals surface area (Å²) in [5.74, 6) is -3.64. The second-order valence-electron chi connectivity index (χ2n) is 13.0. The molecule has 1 aromatic carbocycles. The maximum absolute atomic E-state index is 14.1. The Bertz CT molecular complexity index is 1930. The molecule has 5 heterocycles. The Kier molecular flexibility index (Phi) is 10.2. The summed E-state index contributed by atoms with van der Waals surface area (Å²) in [4.78, 5) is 81.6. The first-order valence-electron chi connectivity index (χ1n) is 16.5. The van der Waals surface area contributed by atoms with Gasteiger partial charge in [-0.05, 0) is 37.3 Å². The molecule has 4 N–H and O–H groups in total. The smallest absolute Gasteiger partial charge is 0.276 e. The minimum atomic E-state index is -1.11. The van der Waals surface area contributed by atoms with Crippen molar-refractivity contribution in [3.63, 3.8) is 0 Å². The van der Waals surface area contributed by atoms with Gasteiger partial charge >= 0.3 is 0 Å². The van der Waals surface area contributed by atoms with E-state index in [2.05, 4.69) is 36.2 Å². The number of fused-ring (bicyclic) bond motifs is 5. The highest BCUT2D eigenvalue weighted by Crippen LogP contribution is 2.26. The number of carbonyl (C=O) groups excluding carboxylic acids is 5. The summed E-state index contributed by atoms with van der Waals surface area (Å²) in [6, 6.07) is 5.77. The molecule has 1 saturated heterocycles. The molecule has 5 amide bonds. The third-order valence-electron chi connectivity index (χ3n) is 8.62. The van der Waals surface area contributed by atoms with E-state index in [4.69, 9.17) is 8.83 Å². The first-order valence-corrected chi connectivity index (χ1v) is 16.5. The summed E-state index contributed by atoms with van der Waals surface area (Å²) < 4.78 is 25.1. The third kappa shape index (κ3) is 8.11. The lowest BCUT2D eigenvalue weighted by Crippen LogP contribution is -2.48. The van der Waals surface area contributed by atoms with Crippen LogP contribution in [-0.4, -0.2) is 74.1 Å². The zero-order valence-corrected chi connectivity index (χ0v) is 28.1. The zero-order valence-electron chi connectivity index (χ0n) is 28.1. The van der Waals surface area contributed by atoms with Crippen LogP contribution < -0.4 is 21.3 Å². The number of hydrogen-bond acceptors (Lipinski definition) is 10. The fraction of sp³-hybridized carbons (Fsp3) is 0.371. The van der Waals surface area contributed by atoms with Gasteiger partial charge in [0.2, 0.25) is 23.6 Å². The molecule has 3 aromatic heterocycles. The maximum atomic E-state index is 14.1. The standard InChI is InChI=1S/C35H37FN8O7/c1-18(2)9-24-30(46)38-19(3)33-43-27(17-50-33)35(49)44-15-23(39-29(45)21-11-22(36)14-37-13-21)12-28(44)32(48)41-25(10-20-7-5-4-6-8-20)34-42-26(16-51-34)31(47)40-24/h4-8,11,13-14,16-19,23-25,28H,9-10,12,15H2,1-3H3,(H,38,46)(H,39,45)(H,40,47)(H,41,48)/t19-,23+,24-,25+,28+/m1/s1. The van der Waals surface area contributed by atoms with Crippen molar-refractivity contribution in [2.24, 2.45) is 5.92 Å². The number of nitrogens with one attached hydrogen (secondary N) is 4. The van der Waals surface area contributed by atoms with Gasteiger partial charge < -0.3 is 35.0 Å². The molecule has 2 aliphatic rings. The summed E-state index contributed by atoms with van der Waals surface area (Å²) in [6.45, 7) is 5.33. The van der Waals surface area contributed by atoms with Crippen LogP contribution in [0.15, 0.2) is 70.2 Å². The van der Waals surface area contributed by atoms with E-state index >= 15 is 0 Å². The molecule has 6 rings (SSSR count). The lowest BCUT2D eigenvalue weighted by molar-refractivity contribution is -0.126. The topological polar surface area (TPSA) is 202 Å². The van der Waals surface area contributed by atoms with Crippen LogP contribution in [0.2, 0.25) is 0 Å². The van der Waals surface area contributed by atoms with Gasteiger partial charge in [0, 0.05) is 25.2 Å². The molecule has 2 aliphatic heterocycles. The number of pyridine rings is 1. The van der Waals surface area contributed by atoms with Gasteiger partial charge in [0.1, 0.15) is 42.5 Å². The number of halogens is 1. The fourth-order valence-electron chi connectivity index (χ4n) is 6.13. The molecule has 15 nitrogen and oxygen atoms in total. The van der Waals surface area contributed by atoms with Crippen molar-refractivity contribution in [2.45, 2.75) is 70.2 Å². The normalized spacial score (nSPS) is 22.8. The molecular weight excluding hydrogens is 663 g/mol. The lowest BCUT2D eigenvalue weighted by atomic mass is 10.0. The summed E-state index contributed by atoms with van der Waals surface area (Å²) in [7, 11) is 0. The van der Waals surface area contributed by atoms with Gasteiger partial charge in [-0.2, -0.15) is 0 Å². The number of rotatable bonds is 6. The van der Waals surface area contributed by atoms with Gasteiger partial charge in [0.15, 0.2) is 11.4 Å². The van der Waals surface area contributed by atoms with Crippen LogP contribution >= 0.6 is 0 Å². The van der Waals surface area contributed by atoms with Crippen molar-refractivity contribution in [2.75, 3.05) is 6.54 Å². The van der Waals surface area contributed by atoms with E-state index in [9.17, 15) is 28.4 Å². The molecule has 16 heteroatoms. The van der Waals surface area contributed by atoms with Crippen molar-refractivity contribution in [3.8, 4) is 0 Å². The molecular formula is C35H37FN8O7. The monoisotopic (exact) mass is 700 g/mol. The molecule has 51 heavy (non-hydrogen) atoms. The Balaban J connectivity index is 1.35. The summed E-state index contributed by atoms with van der Waals surface area (Å²) in [5.41, 5.74) is 0.562. The molecule has 0 radical (unpaired) electrons. The van der Waals surface area contributed by atoms with Crippen LogP contribution in [0.5, 0.6) is 0 Å². The third-order valence-corrected chi connectivity index (χ3v) is 8.62. The Morgan fingerprint density at radius 1 is 0.961 bits per heavy atom. The SMILES string of the molecule is CC(C)C[C@H]1NC(=O)c2coc(n2)[C@H](Cc2ccccc2)NC(=O)[C@@H]2C[C@H](NC(=O)c3cncc(F)c3)CN2C(=O)c2coc(n2)[C@@H](C)NC1=O. The summed E-state index contributed by atoms with van der Waals surface area (Å²) in [6.07, 6.45) is 4.98. The Labute approximate surface area is 291 Å². The number of carbonyl (C=O) groups is 5. The van der Waals surface area contributed by atoms with Gasteiger partial charge in [-0.25, -0.2) is 14.4 Å². The first kappa shape index (κ1) is 34.9. The van der Waals surface area contributed by atoms with Crippen LogP contribution in [0.4, 0.5) is 4.39 Å². The number of oxazole rings is 2. The summed E-state index contributed by atoms with van der Waals surface area (Å²) >= 11 is 0. The second kappa shape index (κ2) is 14.9. The van der Waals surface area contributed by atoms with Crippen molar-refractivity contribution in [3.05, 3.63) is 101 Å². The molecule has 1 fully saturated rings. The highest BCUT2D eigenvalue weighted by Gasteiger charge is 2.43. The molecule has 266 valence electrons. The molecule has 5 atom stereocenters. The van der Waals surface area contributed by atoms with E-state index in [0.29, 0.717) is 6.42 Å². The molecule has 0 spiro atoms. The largest absolute Gasteiger partial charge is 0.446 e. The quantitative estimate of drug-likeness (QED) is 0.232. The highest BCUT2D eigenvalue weighted by atomic mass is 19.1. The van der Waals surface area contributed by atoms with Gasteiger partial charge in [-0.3, -0.25) is 29.0 Å². The van der Waals surface area contributed by atoms with Crippen molar-refractivity contribution < 1.29 is 37.2 Å².